The fourth-order valence-electron chi connectivity index (χ4n) is 1.57. The number of halogens is 4. The second-order valence-electron chi connectivity index (χ2n) is 3.94. The summed E-state index contributed by atoms with van der Waals surface area (Å²) in [5.74, 6) is -0.485. The van der Waals surface area contributed by atoms with Gasteiger partial charge in [0, 0.05) is 6.61 Å². The van der Waals surface area contributed by atoms with Gasteiger partial charge >= 0.3 is 6.18 Å². The van der Waals surface area contributed by atoms with Gasteiger partial charge in [-0.1, -0.05) is 12.1 Å². The lowest BCUT2D eigenvalue weighted by Gasteiger charge is -2.15. The Bertz CT molecular complexity index is 350. The van der Waals surface area contributed by atoms with Crippen molar-refractivity contribution in [2.45, 2.75) is 18.5 Å². The first-order valence-corrected chi connectivity index (χ1v) is 5.52. The number of nitrogens with two attached hydrogens (primary N) is 1. The highest BCUT2D eigenvalue weighted by Crippen LogP contribution is 2.20. The van der Waals surface area contributed by atoms with Gasteiger partial charge < -0.3 is 10.5 Å². The number of alkyl halides is 3. The average molecular weight is 265 g/mol. The van der Waals surface area contributed by atoms with Crippen molar-refractivity contribution in [2.24, 2.45) is 5.73 Å². The lowest BCUT2D eigenvalue weighted by molar-refractivity contribution is -0.174. The molecule has 102 valence electrons. The summed E-state index contributed by atoms with van der Waals surface area (Å²) in [4.78, 5) is 0. The lowest BCUT2D eigenvalue weighted by Crippen LogP contribution is -2.20. The van der Waals surface area contributed by atoms with Gasteiger partial charge in [0.1, 0.15) is 12.4 Å². The molecule has 0 saturated heterocycles. The van der Waals surface area contributed by atoms with Gasteiger partial charge in [0.05, 0.1) is 0 Å². The van der Waals surface area contributed by atoms with Crippen LogP contribution in [0.15, 0.2) is 24.3 Å². The van der Waals surface area contributed by atoms with Gasteiger partial charge in [-0.2, -0.15) is 13.2 Å². The van der Waals surface area contributed by atoms with Crippen LogP contribution in [0.5, 0.6) is 0 Å². The predicted molar refractivity (Wildman–Crippen MR) is 59.7 cm³/mol. The third-order valence-corrected chi connectivity index (χ3v) is 2.50. The largest absolute Gasteiger partial charge is 0.411 e. The maximum atomic E-state index is 12.7. The quantitative estimate of drug-likeness (QED) is 0.634. The van der Waals surface area contributed by atoms with E-state index in [0.717, 1.165) is 5.56 Å². The van der Waals surface area contributed by atoms with Crippen LogP contribution < -0.4 is 5.73 Å². The second-order valence-corrected chi connectivity index (χ2v) is 3.94. The first kappa shape index (κ1) is 14.9. The molecule has 2 N–H and O–H groups in total. The molecule has 0 aliphatic rings. The van der Waals surface area contributed by atoms with E-state index in [0.29, 0.717) is 6.42 Å². The summed E-state index contributed by atoms with van der Waals surface area (Å²) in [6.45, 7) is -1.01. The molecule has 1 rings (SSSR count). The standard InChI is InChI=1S/C12H15F4NO/c13-11-3-1-9(2-4-11)10(7-17)5-6-18-8-12(14,15)16/h1-4,10H,5-8,17H2. The van der Waals surface area contributed by atoms with E-state index in [4.69, 9.17) is 5.73 Å². The molecule has 1 unspecified atom stereocenters. The highest BCUT2D eigenvalue weighted by molar-refractivity contribution is 5.20. The zero-order valence-corrected chi connectivity index (χ0v) is 9.71. The normalized spacial score (nSPS) is 13.6. The van der Waals surface area contributed by atoms with Crippen LogP contribution in [0.4, 0.5) is 17.6 Å². The molecule has 0 fully saturated rings. The molecule has 0 radical (unpaired) electrons. The molecular weight excluding hydrogens is 250 g/mol. The first-order chi connectivity index (χ1) is 8.42. The Morgan fingerprint density at radius 1 is 1.17 bits per heavy atom. The van der Waals surface area contributed by atoms with Crippen molar-refractivity contribution in [1.82, 2.24) is 0 Å². The van der Waals surface area contributed by atoms with Crippen LogP contribution in [0.1, 0.15) is 17.9 Å². The summed E-state index contributed by atoms with van der Waals surface area (Å²) < 4.78 is 52.7. The highest BCUT2D eigenvalue weighted by atomic mass is 19.4. The number of hydrogen-bond donors (Lipinski definition) is 1. The van der Waals surface area contributed by atoms with Crippen LogP contribution >= 0.6 is 0 Å². The van der Waals surface area contributed by atoms with Gasteiger partial charge in [-0.3, -0.25) is 0 Å². The topological polar surface area (TPSA) is 35.2 Å². The van der Waals surface area contributed by atoms with E-state index in [2.05, 4.69) is 4.74 Å². The van der Waals surface area contributed by atoms with Crippen LogP contribution in [-0.4, -0.2) is 25.9 Å². The molecule has 0 heterocycles. The molecule has 0 aromatic heterocycles. The van der Waals surface area contributed by atoms with Gasteiger partial charge in [0.2, 0.25) is 0 Å². The third-order valence-electron chi connectivity index (χ3n) is 2.50. The van der Waals surface area contributed by atoms with E-state index in [1.807, 2.05) is 0 Å². The van der Waals surface area contributed by atoms with Crippen molar-refractivity contribution in [3.8, 4) is 0 Å². The summed E-state index contributed by atoms with van der Waals surface area (Å²) in [6.07, 6.45) is -3.94. The molecule has 18 heavy (non-hydrogen) atoms. The number of hydrogen-bond acceptors (Lipinski definition) is 2. The predicted octanol–water partition coefficient (Wildman–Crippen LogP) is 2.84. The second kappa shape index (κ2) is 6.70. The van der Waals surface area contributed by atoms with E-state index >= 15 is 0 Å². The Labute approximate surface area is 103 Å². The highest BCUT2D eigenvalue weighted by Gasteiger charge is 2.27. The molecule has 1 aromatic rings. The lowest BCUT2D eigenvalue weighted by atomic mass is 9.96. The van der Waals surface area contributed by atoms with Crippen molar-refractivity contribution in [3.05, 3.63) is 35.6 Å². The first-order valence-electron chi connectivity index (χ1n) is 5.52. The molecular formula is C12H15F4NO. The number of benzene rings is 1. The smallest absolute Gasteiger partial charge is 0.372 e. The molecule has 1 aromatic carbocycles. The molecule has 0 saturated carbocycles. The zero-order valence-electron chi connectivity index (χ0n) is 9.71. The molecule has 6 heteroatoms. The number of rotatable bonds is 6. The van der Waals surface area contributed by atoms with Crippen molar-refractivity contribution in [1.29, 1.82) is 0 Å². The molecule has 1 atom stereocenters. The summed E-state index contributed by atoms with van der Waals surface area (Å²) in [7, 11) is 0. The molecule has 0 aliphatic carbocycles. The maximum absolute atomic E-state index is 12.7. The Morgan fingerprint density at radius 2 is 1.78 bits per heavy atom. The summed E-state index contributed by atoms with van der Waals surface area (Å²) in [6, 6.07) is 5.76. The minimum atomic E-state index is -4.31. The van der Waals surface area contributed by atoms with Gasteiger partial charge in [0.25, 0.3) is 0 Å². The van der Waals surface area contributed by atoms with Crippen LogP contribution in [0, 0.1) is 5.82 Å². The van der Waals surface area contributed by atoms with Crippen molar-refractivity contribution < 1.29 is 22.3 Å². The summed E-state index contributed by atoms with van der Waals surface area (Å²) in [5, 5.41) is 0. The molecule has 0 bridgehead atoms. The summed E-state index contributed by atoms with van der Waals surface area (Å²) >= 11 is 0. The van der Waals surface area contributed by atoms with Crippen LogP contribution in [-0.2, 0) is 4.74 Å². The van der Waals surface area contributed by atoms with Crippen molar-refractivity contribution in [2.75, 3.05) is 19.8 Å². The maximum Gasteiger partial charge on any atom is 0.411 e. The van der Waals surface area contributed by atoms with Crippen molar-refractivity contribution in [3.63, 3.8) is 0 Å². The summed E-state index contributed by atoms with van der Waals surface area (Å²) in [5.41, 5.74) is 6.34. The Balaban J connectivity index is 2.40. The van der Waals surface area contributed by atoms with Crippen molar-refractivity contribution >= 4 is 0 Å². The average Bonchev–Trinajstić information content (AvgIpc) is 2.29. The third kappa shape index (κ3) is 5.46. The minimum absolute atomic E-state index is 0.0290. The van der Waals surface area contributed by atoms with Gasteiger partial charge in [0.15, 0.2) is 0 Å². The Hall–Kier alpha value is -1.14. The van der Waals surface area contributed by atoms with Gasteiger partial charge in [-0.15, -0.1) is 0 Å². The SMILES string of the molecule is NCC(CCOCC(F)(F)F)c1ccc(F)cc1. The van der Waals surface area contributed by atoms with E-state index < -0.39 is 12.8 Å². The Kier molecular flexibility index (Phi) is 5.55. The van der Waals surface area contributed by atoms with E-state index in [1.165, 1.54) is 12.1 Å². The fraction of sp³-hybridized carbons (Fsp3) is 0.500. The number of ether oxygens (including phenoxy) is 1. The van der Waals surface area contributed by atoms with E-state index in [-0.39, 0.29) is 24.9 Å². The van der Waals surface area contributed by atoms with Gasteiger partial charge in [-0.25, -0.2) is 4.39 Å². The molecule has 0 spiro atoms. The zero-order chi connectivity index (χ0) is 13.6. The molecule has 0 amide bonds. The van der Waals surface area contributed by atoms with E-state index in [9.17, 15) is 17.6 Å². The van der Waals surface area contributed by atoms with Crippen LogP contribution in [0.3, 0.4) is 0 Å². The van der Waals surface area contributed by atoms with Gasteiger partial charge in [-0.05, 0) is 36.6 Å². The van der Waals surface area contributed by atoms with E-state index in [1.54, 1.807) is 12.1 Å². The minimum Gasteiger partial charge on any atom is -0.372 e. The monoisotopic (exact) mass is 265 g/mol. The molecule has 2 nitrogen and oxygen atoms in total. The van der Waals surface area contributed by atoms with Crippen LogP contribution in [0.25, 0.3) is 0 Å². The van der Waals surface area contributed by atoms with Crippen LogP contribution in [0.2, 0.25) is 0 Å². The Morgan fingerprint density at radius 3 is 2.28 bits per heavy atom. The molecule has 0 aliphatic heterocycles. The fourth-order valence-corrected chi connectivity index (χ4v) is 1.57.